The monoisotopic (exact) mass is 292 g/mol. The summed E-state index contributed by atoms with van der Waals surface area (Å²) in [4.78, 5) is 9.96. The molecule has 0 spiro atoms. The number of nitro benzene ring substituents is 1. The summed E-state index contributed by atoms with van der Waals surface area (Å²) in [6.07, 6.45) is 0. The molecule has 0 aliphatic rings. The summed E-state index contributed by atoms with van der Waals surface area (Å²) in [7, 11) is 0. The van der Waals surface area contributed by atoms with E-state index in [1.54, 1.807) is 6.07 Å². The third-order valence-electron chi connectivity index (χ3n) is 1.89. The van der Waals surface area contributed by atoms with E-state index in [4.69, 9.17) is 10.00 Å². The Labute approximate surface area is 110 Å². The molecule has 0 aromatic heterocycles. The highest BCUT2D eigenvalue weighted by Gasteiger charge is 2.27. The summed E-state index contributed by atoms with van der Waals surface area (Å²) in [6, 6.07) is 5.21. The average Bonchev–Trinajstić information content (AvgIpc) is 2.33. The van der Waals surface area contributed by atoms with E-state index in [0.29, 0.717) is 0 Å². The largest absolute Gasteiger partial charge is 0.486 e. The van der Waals surface area contributed by atoms with Crippen molar-refractivity contribution in [3.05, 3.63) is 33.9 Å². The minimum absolute atomic E-state index is 0.0729. The molecule has 5 nitrogen and oxygen atoms in total. The van der Waals surface area contributed by atoms with Gasteiger partial charge in [0.1, 0.15) is 0 Å². The highest BCUT2D eigenvalue weighted by molar-refractivity contribution is 8.00. The van der Waals surface area contributed by atoms with E-state index in [1.165, 1.54) is 12.1 Å². The van der Waals surface area contributed by atoms with Crippen LogP contribution in [0.5, 0.6) is 5.75 Å². The Morgan fingerprint density at radius 1 is 1.47 bits per heavy atom. The van der Waals surface area contributed by atoms with Crippen molar-refractivity contribution >= 4 is 17.4 Å². The molecule has 1 rings (SSSR count). The van der Waals surface area contributed by atoms with E-state index < -0.39 is 16.1 Å². The first kappa shape index (κ1) is 15.1. The molecule has 0 bridgehead atoms. The SMILES string of the molecule is N#Cc1ccc(OCCSC(F)(F)F)c([N+](=O)[O-])c1. The first-order valence-electron chi connectivity index (χ1n) is 4.85. The maximum Gasteiger partial charge on any atom is 0.441 e. The van der Waals surface area contributed by atoms with E-state index in [2.05, 4.69) is 0 Å². The molecule has 1 aromatic rings. The highest BCUT2D eigenvalue weighted by Crippen LogP contribution is 2.31. The molecule has 0 atom stereocenters. The molecule has 0 unspecified atom stereocenters. The number of hydrogen-bond donors (Lipinski definition) is 0. The second kappa shape index (κ2) is 6.29. The third-order valence-corrected chi connectivity index (χ3v) is 2.59. The smallest absolute Gasteiger partial charge is 0.441 e. The van der Waals surface area contributed by atoms with Gasteiger partial charge in [-0.3, -0.25) is 10.1 Å². The van der Waals surface area contributed by atoms with Crippen LogP contribution in [0.1, 0.15) is 5.56 Å². The van der Waals surface area contributed by atoms with E-state index in [-0.39, 0.29) is 35.4 Å². The zero-order valence-corrected chi connectivity index (χ0v) is 10.1. The van der Waals surface area contributed by atoms with Crippen molar-refractivity contribution in [2.24, 2.45) is 0 Å². The molecular formula is C10H7F3N2O3S. The van der Waals surface area contributed by atoms with Gasteiger partial charge in [0.15, 0.2) is 5.75 Å². The van der Waals surface area contributed by atoms with Gasteiger partial charge in [-0.05, 0) is 23.9 Å². The molecule has 0 saturated carbocycles. The molecule has 9 heteroatoms. The molecule has 0 aliphatic carbocycles. The van der Waals surface area contributed by atoms with E-state index in [1.807, 2.05) is 0 Å². The summed E-state index contributed by atoms with van der Waals surface area (Å²) >= 11 is -0.272. The van der Waals surface area contributed by atoms with Crippen molar-refractivity contribution in [3.63, 3.8) is 0 Å². The number of hydrogen-bond acceptors (Lipinski definition) is 5. The van der Waals surface area contributed by atoms with Crippen LogP contribution in [-0.4, -0.2) is 22.8 Å². The van der Waals surface area contributed by atoms with Crippen LogP contribution >= 0.6 is 11.8 Å². The van der Waals surface area contributed by atoms with Gasteiger partial charge in [0, 0.05) is 11.8 Å². The van der Waals surface area contributed by atoms with Gasteiger partial charge in [-0.1, -0.05) is 0 Å². The summed E-state index contributed by atoms with van der Waals surface area (Å²) < 4.78 is 40.5. The predicted octanol–water partition coefficient (Wildman–Crippen LogP) is 3.10. The number of nitrogens with zero attached hydrogens (tertiary/aromatic N) is 2. The van der Waals surface area contributed by atoms with Gasteiger partial charge in [0.25, 0.3) is 0 Å². The fourth-order valence-electron chi connectivity index (χ4n) is 1.16. The minimum atomic E-state index is -4.36. The van der Waals surface area contributed by atoms with Crippen molar-refractivity contribution in [2.75, 3.05) is 12.4 Å². The van der Waals surface area contributed by atoms with Crippen LogP contribution in [-0.2, 0) is 0 Å². The van der Waals surface area contributed by atoms with Crippen molar-refractivity contribution in [3.8, 4) is 11.8 Å². The molecule has 0 amide bonds. The lowest BCUT2D eigenvalue weighted by molar-refractivity contribution is -0.385. The second-order valence-electron chi connectivity index (χ2n) is 3.19. The molecule has 0 heterocycles. The number of halogens is 3. The zero-order chi connectivity index (χ0) is 14.5. The van der Waals surface area contributed by atoms with Crippen LogP contribution in [0.3, 0.4) is 0 Å². The van der Waals surface area contributed by atoms with Gasteiger partial charge in [-0.25, -0.2) is 0 Å². The molecule has 0 fully saturated rings. The normalized spacial score (nSPS) is 10.8. The van der Waals surface area contributed by atoms with E-state index in [0.717, 1.165) is 6.07 Å². The lowest BCUT2D eigenvalue weighted by Gasteiger charge is -2.08. The predicted molar refractivity (Wildman–Crippen MR) is 61.8 cm³/mol. The molecule has 0 N–H and O–H groups in total. The van der Waals surface area contributed by atoms with Crippen LogP contribution in [0.2, 0.25) is 0 Å². The number of nitriles is 1. The Bertz CT molecular complexity index is 514. The lowest BCUT2D eigenvalue weighted by atomic mass is 10.2. The van der Waals surface area contributed by atoms with E-state index >= 15 is 0 Å². The Kier molecular flexibility index (Phi) is 5.00. The second-order valence-corrected chi connectivity index (χ2v) is 4.35. The quantitative estimate of drug-likeness (QED) is 0.473. The number of rotatable bonds is 5. The summed E-state index contributed by atoms with van der Waals surface area (Å²) in [5, 5.41) is 19.3. The number of thioether (sulfide) groups is 1. The van der Waals surface area contributed by atoms with Gasteiger partial charge in [0.2, 0.25) is 0 Å². The molecule has 1 aromatic carbocycles. The Balaban J connectivity index is 2.68. The summed E-state index contributed by atoms with van der Waals surface area (Å²) in [6.45, 7) is -0.323. The Morgan fingerprint density at radius 3 is 2.68 bits per heavy atom. The zero-order valence-electron chi connectivity index (χ0n) is 9.31. The fraction of sp³-hybridized carbons (Fsp3) is 0.300. The Hall–Kier alpha value is -1.95. The minimum Gasteiger partial charge on any atom is -0.486 e. The van der Waals surface area contributed by atoms with Gasteiger partial charge in [0.05, 0.1) is 23.2 Å². The van der Waals surface area contributed by atoms with Crippen LogP contribution in [0, 0.1) is 21.4 Å². The molecular weight excluding hydrogens is 285 g/mol. The van der Waals surface area contributed by atoms with Crippen molar-refractivity contribution < 1.29 is 22.8 Å². The van der Waals surface area contributed by atoms with Crippen LogP contribution in [0.4, 0.5) is 18.9 Å². The first-order valence-corrected chi connectivity index (χ1v) is 5.84. The van der Waals surface area contributed by atoms with Gasteiger partial charge < -0.3 is 4.74 Å². The maximum atomic E-state index is 11.9. The standard InChI is InChI=1S/C10H7F3N2O3S/c11-10(12,13)19-4-3-18-9-2-1-7(6-14)5-8(9)15(16)17/h1-2,5H,3-4H2. The molecule has 0 saturated heterocycles. The summed E-state index contributed by atoms with van der Waals surface area (Å²) in [5.41, 5.74) is -4.74. The van der Waals surface area contributed by atoms with Crippen molar-refractivity contribution in [1.29, 1.82) is 5.26 Å². The Morgan fingerprint density at radius 2 is 2.16 bits per heavy atom. The van der Waals surface area contributed by atoms with E-state index in [9.17, 15) is 23.3 Å². The number of ether oxygens (including phenoxy) is 1. The molecule has 0 aliphatic heterocycles. The van der Waals surface area contributed by atoms with Gasteiger partial charge >= 0.3 is 11.2 Å². The van der Waals surface area contributed by atoms with Crippen LogP contribution in [0.25, 0.3) is 0 Å². The number of nitro groups is 1. The lowest BCUT2D eigenvalue weighted by Crippen LogP contribution is -2.08. The van der Waals surface area contributed by atoms with Gasteiger partial charge in [-0.2, -0.15) is 18.4 Å². The molecule has 102 valence electrons. The fourth-order valence-corrected chi connectivity index (χ4v) is 1.56. The van der Waals surface area contributed by atoms with Crippen LogP contribution in [0.15, 0.2) is 18.2 Å². The van der Waals surface area contributed by atoms with Crippen molar-refractivity contribution in [1.82, 2.24) is 0 Å². The molecule has 19 heavy (non-hydrogen) atoms. The van der Waals surface area contributed by atoms with Crippen LogP contribution < -0.4 is 4.74 Å². The maximum absolute atomic E-state index is 11.9. The highest BCUT2D eigenvalue weighted by atomic mass is 32.2. The number of alkyl halides is 3. The van der Waals surface area contributed by atoms with Gasteiger partial charge in [-0.15, -0.1) is 0 Å². The topological polar surface area (TPSA) is 76.2 Å². The average molecular weight is 292 g/mol. The first-order chi connectivity index (χ1) is 8.83. The van der Waals surface area contributed by atoms with Crippen molar-refractivity contribution in [2.45, 2.75) is 5.51 Å². The molecule has 0 radical (unpaired) electrons. The third kappa shape index (κ3) is 5.05. The summed E-state index contributed by atoms with van der Waals surface area (Å²) in [5.74, 6) is -0.535. The number of benzene rings is 1.